The van der Waals surface area contributed by atoms with Crippen molar-refractivity contribution in [2.75, 3.05) is 6.61 Å². The van der Waals surface area contributed by atoms with Gasteiger partial charge in [-0.05, 0) is 25.7 Å². The number of ether oxygens (including phenoxy) is 1. The van der Waals surface area contributed by atoms with E-state index in [0.717, 1.165) is 12.5 Å². The summed E-state index contributed by atoms with van der Waals surface area (Å²) in [6.07, 6.45) is 3.18. The first-order valence-electron chi connectivity index (χ1n) is 4.44. The van der Waals surface area contributed by atoms with Crippen LogP contribution in [0.1, 0.15) is 40.5 Å². The highest BCUT2D eigenvalue weighted by Crippen LogP contribution is 2.28. The van der Waals surface area contributed by atoms with Gasteiger partial charge < -0.3 is 4.74 Å². The molecule has 1 nitrogen and oxygen atoms in total. The topological polar surface area (TPSA) is 9.23 Å². The highest BCUT2D eigenvalue weighted by atomic mass is 16.5. The molecule has 0 unspecified atom stereocenters. The van der Waals surface area contributed by atoms with E-state index in [1.165, 1.54) is 12.8 Å². The Kier molecular flexibility index (Phi) is 5.70. The van der Waals surface area contributed by atoms with Crippen LogP contribution in [-0.2, 0) is 4.74 Å². The molecule has 0 amide bonds. The van der Waals surface area contributed by atoms with Gasteiger partial charge in [0.05, 0.1) is 6.10 Å². The maximum Gasteiger partial charge on any atom is 0.0580 e. The van der Waals surface area contributed by atoms with Crippen LogP contribution in [0, 0.1) is 5.92 Å². The van der Waals surface area contributed by atoms with Crippen molar-refractivity contribution in [1.82, 2.24) is 0 Å². The van der Waals surface area contributed by atoms with E-state index >= 15 is 0 Å². The molecule has 0 N–H and O–H groups in total. The van der Waals surface area contributed by atoms with Gasteiger partial charge in [0.25, 0.3) is 0 Å². The predicted molar refractivity (Wildman–Crippen MR) is 45.2 cm³/mol. The van der Waals surface area contributed by atoms with E-state index in [1.54, 1.807) is 0 Å². The average molecular weight is 144 g/mol. The number of hydrogen-bond donors (Lipinski definition) is 0. The van der Waals surface area contributed by atoms with Gasteiger partial charge in [0.15, 0.2) is 0 Å². The Hall–Kier alpha value is -0.0400. The molecule has 0 atom stereocenters. The molecule has 62 valence electrons. The SMILES string of the molecule is CC.CCOC1CC(C)C1. The molecule has 0 aromatic carbocycles. The zero-order valence-corrected chi connectivity index (χ0v) is 7.68. The van der Waals surface area contributed by atoms with Crippen molar-refractivity contribution in [2.24, 2.45) is 5.92 Å². The quantitative estimate of drug-likeness (QED) is 0.579. The van der Waals surface area contributed by atoms with Gasteiger partial charge in [0, 0.05) is 6.61 Å². The van der Waals surface area contributed by atoms with Gasteiger partial charge in [-0.15, -0.1) is 0 Å². The van der Waals surface area contributed by atoms with Crippen LogP contribution in [0.25, 0.3) is 0 Å². The summed E-state index contributed by atoms with van der Waals surface area (Å²) >= 11 is 0. The second-order valence-corrected chi connectivity index (χ2v) is 2.65. The van der Waals surface area contributed by atoms with Crippen molar-refractivity contribution in [2.45, 2.75) is 46.6 Å². The molecule has 1 fully saturated rings. The standard InChI is InChI=1S/C7H14O.C2H6/c1-3-8-7-4-6(2)5-7;1-2/h6-7H,3-5H2,1-2H3;1-2H3. The van der Waals surface area contributed by atoms with Crippen LogP contribution in [0.4, 0.5) is 0 Å². The van der Waals surface area contributed by atoms with E-state index in [1.807, 2.05) is 13.8 Å². The van der Waals surface area contributed by atoms with Crippen LogP contribution in [0.15, 0.2) is 0 Å². The molecular formula is C9H20O. The van der Waals surface area contributed by atoms with E-state index in [2.05, 4.69) is 13.8 Å². The first-order valence-corrected chi connectivity index (χ1v) is 4.44. The summed E-state index contributed by atoms with van der Waals surface area (Å²) in [6.45, 7) is 9.22. The lowest BCUT2D eigenvalue weighted by Gasteiger charge is -2.31. The molecule has 0 aromatic rings. The maximum absolute atomic E-state index is 5.35. The molecule has 1 aliphatic carbocycles. The lowest BCUT2D eigenvalue weighted by Crippen LogP contribution is -2.29. The van der Waals surface area contributed by atoms with Crippen molar-refractivity contribution in [3.63, 3.8) is 0 Å². The van der Waals surface area contributed by atoms with Gasteiger partial charge in [0.2, 0.25) is 0 Å². The number of hydrogen-bond acceptors (Lipinski definition) is 1. The van der Waals surface area contributed by atoms with Gasteiger partial charge in [-0.25, -0.2) is 0 Å². The summed E-state index contributed by atoms with van der Waals surface area (Å²) in [7, 11) is 0. The average Bonchev–Trinajstić information content (AvgIpc) is 1.90. The third-order valence-corrected chi connectivity index (χ3v) is 1.73. The van der Waals surface area contributed by atoms with Crippen LogP contribution in [0.2, 0.25) is 0 Å². The highest BCUT2D eigenvalue weighted by Gasteiger charge is 2.24. The molecule has 10 heavy (non-hydrogen) atoms. The van der Waals surface area contributed by atoms with Gasteiger partial charge in [-0.3, -0.25) is 0 Å². The molecule has 1 heteroatoms. The van der Waals surface area contributed by atoms with Crippen LogP contribution in [0.5, 0.6) is 0 Å². The zero-order chi connectivity index (χ0) is 7.98. The third-order valence-electron chi connectivity index (χ3n) is 1.73. The fourth-order valence-corrected chi connectivity index (χ4v) is 1.20. The van der Waals surface area contributed by atoms with Gasteiger partial charge in [0.1, 0.15) is 0 Å². The lowest BCUT2D eigenvalue weighted by molar-refractivity contribution is -0.0189. The third kappa shape index (κ3) is 3.21. The van der Waals surface area contributed by atoms with Crippen molar-refractivity contribution < 1.29 is 4.74 Å². The summed E-state index contributed by atoms with van der Waals surface area (Å²) < 4.78 is 5.35. The first kappa shape index (κ1) is 9.96. The summed E-state index contributed by atoms with van der Waals surface area (Å²) in [4.78, 5) is 0. The van der Waals surface area contributed by atoms with Crippen molar-refractivity contribution in [3.8, 4) is 0 Å². The smallest absolute Gasteiger partial charge is 0.0580 e. The fourth-order valence-electron chi connectivity index (χ4n) is 1.20. The molecule has 0 bridgehead atoms. The van der Waals surface area contributed by atoms with Crippen LogP contribution < -0.4 is 0 Å². The normalized spacial score (nSPS) is 30.0. The van der Waals surface area contributed by atoms with Gasteiger partial charge in [-0.1, -0.05) is 20.8 Å². The molecule has 1 rings (SSSR count). The minimum absolute atomic E-state index is 0.606. The Balaban J connectivity index is 0.000000371. The summed E-state index contributed by atoms with van der Waals surface area (Å²) in [6, 6.07) is 0. The minimum atomic E-state index is 0.606. The van der Waals surface area contributed by atoms with E-state index in [-0.39, 0.29) is 0 Å². The van der Waals surface area contributed by atoms with Gasteiger partial charge in [-0.2, -0.15) is 0 Å². The lowest BCUT2D eigenvalue weighted by atomic mass is 9.84. The predicted octanol–water partition coefficient (Wildman–Crippen LogP) is 2.85. The van der Waals surface area contributed by atoms with Gasteiger partial charge >= 0.3 is 0 Å². The highest BCUT2D eigenvalue weighted by molar-refractivity contribution is 4.76. The minimum Gasteiger partial charge on any atom is -0.378 e. The monoisotopic (exact) mass is 144 g/mol. The first-order chi connectivity index (χ1) is 4.83. The zero-order valence-electron chi connectivity index (χ0n) is 7.68. The van der Waals surface area contributed by atoms with E-state index in [4.69, 9.17) is 4.74 Å². The largest absolute Gasteiger partial charge is 0.378 e. The Morgan fingerprint density at radius 2 is 1.80 bits per heavy atom. The molecular weight excluding hydrogens is 124 g/mol. The molecule has 0 saturated heterocycles. The van der Waals surface area contributed by atoms with Crippen LogP contribution >= 0.6 is 0 Å². The number of rotatable bonds is 2. The Labute approximate surface area is 64.8 Å². The molecule has 0 aliphatic heterocycles. The van der Waals surface area contributed by atoms with E-state index in [9.17, 15) is 0 Å². The van der Waals surface area contributed by atoms with Crippen molar-refractivity contribution in [3.05, 3.63) is 0 Å². The summed E-state index contributed by atoms with van der Waals surface area (Å²) in [5, 5.41) is 0. The van der Waals surface area contributed by atoms with Crippen molar-refractivity contribution >= 4 is 0 Å². The Bertz CT molecular complexity index is 62.4. The Morgan fingerprint density at radius 3 is 2.10 bits per heavy atom. The molecule has 0 heterocycles. The van der Waals surface area contributed by atoms with Crippen molar-refractivity contribution in [1.29, 1.82) is 0 Å². The van der Waals surface area contributed by atoms with Crippen LogP contribution in [0.3, 0.4) is 0 Å². The maximum atomic E-state index is 5.35. The Morgan fingerprint density at radius 1 is 1.30 bits per heavy atom. The molecule has 1 saturated carbocycles. The second kappa shape index (κ2) is 5.72. The summed E-state index contributed by atoms with van der Waals surface area (Å²) in [5.74, 6) is 0.923. The molecule has 0 aromatic heterocycles. The van der Waals surface area contributed by atoms with Crippen LogP contribution in [-0.4, -0.2) is 12.7 Å². The summed E-state index contributed by atoms with van der Waals surface area (Å²) in [5.41, 5.74) is 0. The molecule has 1 aliphatic rings. The molecule has 0 radical (unpaired) electrons. The van der Waals surface area contributed by atoms with E-state index in [0.29, 0.717) is 6.10 Å². The fraction of sp³-hybridized carbons (Fsp3) is 1.00. The molecule has 0 spiro atoms. The van der Waals surface area contributed by atoms with E-state index < -0.39 is 0 Å². The second-order valence-electron chi connectivity index (χ2n) is 2.65.